The first-order valence-corrected chi connectivity index (χ1v) is 12.1. The van der Waals surface area contributed by atoms with E-state index in [0.29, 0.717) is 41.7 Å². The zero-order chi connectivity index (χ0) is 26.4. The number of amides is 2. The summed E-state index contributed by atoms with van der Waals surface area (Å²) >= 11 is 0. The lowest BCUT2D eigenvalue weighted by Crippen LogP contribution is -2.48. The number of hydrogen-bond acceptors (Lipinski definition) is 6. The lowest BCUT2D eigenvalue weighted by atomic mass is 9.83. The quantitative estimate of drug-likeness (QED) is 0.461. The highest BCUT2D eigenvalue weighted by molar-refractivity contribution is 5.97. The molecule has 3 aromatic carbocycles. The fraction of sp³-hybridized carbons (Fsp3) is 0.310. The van der Waals surface area contributed by atoms with Crippen LogP contribution in [0.5, 0.6) is 23.0 Å². The number of methoxy groups -OCH3 is 4. The molecule has 0 bridgehead atoms. The van der Waals surface area contributed by atoms with Gasteiger partial charge in [-0.3, -0.25) is 9.59 Å². The van der Waals surface area contributed by atoms with Crippen molar-refractivity contribution in [1.82, 2.24) is 5.32 Å². The van der Waals surface area contributed by atoms with Crippen LogP contribution in [0.3, 0.4) is 0 Å². The second-order valence-corrected chi connectivity index (χ2v) is 8.70. The summed E-state index contributed by atoms with van der Waals surface area (Å²) in [5.74, 6) is 1.80. The summed E-state index contributed by atoms with van der Waals surface area (Å²) in [5, 5.41) is 3.07. The van der Waals surface area contributed by atoms with Crippen molar-refractivity contribution in [2.75, 3.05) is 33.3 Å². The minimum atomic E-state index is -0.549. The van der Waals surface area contributed by atoms with Gasteiger partial charge in [0.2, 0.25) is 11.8 Å². The summed E-state index contributed by atoms with van der Waals surface area (Å²) in [6, 6.07) is 19.8. The first kappa shape index (κ1) is 25.9. The number of para-hydroxylation sites is 1. The molecule has 194 valence electrons. The van der Waals surface area contributed by atoms with Gasteiger partial charge in [0, 0.05) is 24.2 Å². The van der Waals surface area contributed by atoms with Crippen molar-refractivity contribution in [3.05, 3.63) is 77.9 Å². The third-order valence-electron chi connectivity index (χ3n) is 6.68. The van der Waals surface area contributed by atoms with Gasteiger partial charge in [0.25, 0.3) is 0 Å². The lowest BCUT2D eigenvalue weighted by molar-refractivity contribution is -0.129. The molecule has 0 saturated carbocycles. The van der Waals surface area contributed by atoms with E-state index in [1.807, 2.05) is 48.5 Å². The van der Waals surface area contributed by atoms with Crippen LogP contribution in [0.1, 0.15) is 30.0 Å². The van der Waals surface area contributed by atoms with Crippen LogP contribution in [0.2, 0.25) is 0 Å². The molecular formula is C29H32N2O6. The average Bonchev–Trinajstić information content (AvgIpc) is 2.95. The lowest BCUT2D eigenvalue weighted by Gasteiger charge is -2.41. The van der Waals surface area contributed by atoms with Crippen molar-refractivity contribution in [2.24, 2.45) is 5.92 Å². The number of nitrogens with zero attached hydrogens (tertiary/aromatic N) is 1. The summed E-state index contributed by atoms with van der Waals surface area (Å²) in [7, 11) is 6.33. The molecule has 1 fully saturated rings. The van der Waals surface area contributed by atoms with Gasteiger partial charge in [0.15, 0.2) is 11.5 Å². The SMILES string of the molecule is COc1ccc(N2C(=O)CC[C@H](C(=O)NCc3ccccc3OC)[C@@H]2c2ccc(OC)c(OC)c2)cc1. The van der Waals surface area contributed by atoms with Gasteiger partial charge in [-0.1, -0.05) is 24.3 Å². The fourth-order valence-corrected chi connectivity index (χ4v) is 4.79. The summed E-state index contributed by atoms with van der Waals surface area (Å²) < 4.78 is 21.7. The van der Waals surface area contributed by atoms with Crippen LogP contribution in [0.4, 0.5) is 5.69 Å². The Morgan fingerprint density at radius 3 is 2.24 bits per heavy atom. The standard InChI is InChI=1S/C29H32N2O6/c1-34-22-12-10-21(11-13-22)31-27(32)16-14-23(28(31)19-9-15-25(36-3)26(17-19)37-4)29(33)30-18-20-7-5-6-8-24(20)35-2/h5-13,15,17,23,28H,14,16,18H2,1-4H3,(H,30,33)/t23-,28-/m0/s1. The van der Waals surface area contributed by atoms with Gasteiger partial charge in [-0.2, -0.15) is 0 Å². The molecule has 2 amide bonds. The van der Waals surface area contributed by atoms with E-state index in [2.05, 4.69) is 5.32 Å². The summed E-state index contributed by atoms with van der Waals surface area (Å²) in [5.41, 5.74) is 2.34. The van der Waals surface area contributed by atoms with Crippen LogP contribution >= 0.6 is 0 Å². The molecule has 8 heteroatoms. The molecular weight excluding hydrogens is 472 g/mol. The maximum atomic E-state index is 13.7. The molecule has 1 saturated heterocycles. The van der Waals surface area contributed by atoms with E-state index in [1.165, 1.54) is 0 Å². The van der Waals surface area contributed by atoms with Crippen LogP contribution < -0.4 is 29.2 Å². The van der Waals surface area contributed by atoms with Gasteiger partial charge < -0.3 is 29.2 Å². The van der Waals surface area contributed by atoms with E-state index in [1.54, 1.807) is 51.5 Å². The van der Waals surface area contributed by atoms with Crippen LogP contribution in [-0.2, 0) is 16.1 Å². The Balaban J connectivity index is 1.71. The van der Waals surface area contributed by atoms with E-state index >= 15 is 0 Å². The molecule has 1 aliphatic rings. The minimum Gasteiger partial charge on any atom is -0.497 e. The Labute approximate surface area is 217 Å². The molecule has 1 N–H and O–H groups in total. The number of benzene rings is 3. The van der Waals surface area contributed by atoms with Gasteiger partial charge in [-0.25, -0.2) is 0 Å². The third kappa shape index (κ3) is 5.48. The highest BCUT2D eigenvalue weighted by Crippen LogP contribution is 2.42. The Hall–Kier alpha value is -4.20. The second-order valence-electron chi connectivity index (χ2n) is 8.70. The monoisotopic (exact) mass is 504 g/mol. The number of carbonyl (C=O) groups is 2. The molecule has 2 atom stereocenters. The number of anilines is 1. The highest BCUT2D eigenvalue weighted by Gasteiger charge is 2.41. The number of hydrogen-bond donors (Lipinski definition) is 1. The number of ether oxygens (including phenoxy) is 4. The van der Waals surface area contributed by atoms with Crippen LogP contribution in [0.25, 0.3) is 0 Å². The van der Waals surface area contributed by atoms with E-state index < -0.39 is 12.0 Å². The van der Waals surface area contributed by atoms with Crippen LogP contribution in [0.15, 0.2) is 66.7 Å². The first-order valence-electron chi connectivity index (χ1n) is 12.1. The summed E-state index contributed by atoms with van der Waals surface area (Å²) in [4.78, 5) is 28.7. The topological polar surface area (TPSA) is 86.3 Å². The van der Waals surface area contributed by atoms with Gasteiger partial charge in [0.05, 0.1) is 40.4 Å². The van der Waals surface area contributed by atoms with Gasteiger partial charge in [0.1, 0.15) is 11.5 Å². The predicted octanol–water partition coefficient (Wildman–Crippen LogP) is 4.52. The molecule has 0 aliphatic carbocycles. The molecule has 0 spiro atoms. The molecule has 1 heterocycles. The second kappa shape index (κ2) is 11.7. The summed E-state index contributed by atoms with van der Waals surface area (Å²) in [6.45, 7) is 0.314. The molecule has 0 unspecified atom stereocenters. The van der Waals surface area contributed by atoms with Crippen LogP contribution in [-0.4, -0.2) is 40.3 Å². The number of rotatable bonds is 9. The Morgan fingerprint density at radius 1 is 0.865 bits per heavy atom. The van der Waals surface area contributed by atoms with Crippen molar-refractivity contribution in [3.63, 3.8) is 0 Å². The Kier molecular flexibility index (Phi) is 8.18. The summed E-state index contributed by atoms with van der Waals surface area (Å²) in [6.07, 6.45) is 0.671. The Morgan fingerprint density at radius 2 is 1.57 bits per heavy atom. The molecule has 0 aromatic heterocycles. The molecule has 3 aromatic rings. The number of piperidine rings is 1. The predicted molar refractivity (Wildman–Crippen MR) is 140 cm³/mol. The average molecular weight is 505 g/mol. The largest absolute Gasteiger partial charge is 0.497 e. The van der Waals surface area contributed by atoms with Gasteiger partial charge in [-0.15, -0.1) is 0 Å². The third-order valence-corrected chi connectivity index (χ3v) is 6.68. The zero-order valence-electron chi connectivity index (χ0n) is 21.5. The fourth-order valence-electron chi connectivity index (χ4n) is 4.79. The molecule has 1 aliphatic heterocycles. The molecule has 8 nitrogen and oxygen atoms in total. The van der Waals surface area contributed by atoms with E-state index in [4.69, 9.17) is 18.9 Å². The Bertz CT molecular complexity index is 1240. The maximum absolute atomic E-state index is 13.7. The highest BCUT2D eigenvalue weighted by atomic mass is 16.5. The minimum absolute atomic E-state index is 0.0567. The van der Waals surface area contributed by atoms with Crippen molar-refractivity contribution in [1.29, 1.82) is 0 Å². The van der Waals surface area contributed by atoms with Crippen molar-refractivity contribution in [2.45, 2.75) is 25.4 Å². The molecule has 0 radical (unpaired) electrons. The van der Waals surface area contributed by atoms with Crippen molar-refractivity contribution < 1.29 is 28.5 Å². The van der Waals surface area contributed by atoms with Crippen LogP contribution in [0, 0.1) is 5.92 Å². The van der Waals surface area contributed by atoms with E-state index in [9.17, 15) is 9.59 Å². The maximum Gasteiger partial charge on any atom is 0.227 e. The van der Waals surface area contributed by atoms with Gasteiger partial charge >= 0.3 is 0 Å². The van der Waals surface area contributed by atoms with Crippen molar-refractivity contribution in [3.8, 4) is 23.0 Å². The zero-order valence-corrected chi connectivity index (χ0v) is 21.5. The molecule has 37 heavy (non-hydrogen) atoms. The normalized spacial score (nSPS) is 17.2. The smallest absolute Gasteiger partial charge is 0.227 e. The number of nitrogens with one attached hydrogen (secondary N) is 1. The van der Waals surface area contributed by atoms with E-state index in [0.717, 1.165) is 11.1 Å². The van der Waals surface area contributed by atoms with E-state index in [-0.39, 0.29) is 18.2 Å². The number of carbonyl (C=O) groups excluding carboxylic acids is 2. The van der Waals surface area contributed by atoms with Gasteiger partial charge in [-0.05, 0) is 54.4 Å². The first-order chi connectivity index (χ1) is 18.0. The van der Waals surface area contributed by atoms with Crippen molar-refractivity contribution >= 4 is 17.5 Å². The molecule has 4 rings (SSSR count).